The number of benzene rings is 4. The number of hydrogen-bond donors (Lipinski definition) is 0. The van der Waals surface area contributed by atoms with Crippen molar-refractivity contribution in [3.05, 3.63) is 166 Å². The van der Waals surface area contributed by atoms with Crippen molar-refractivity contribution in [2.45, 2.75) is 22.2 Å². The van der Waals surface area contributed by atoms with E-state index in [0.29, 0.717) is 22.2 Å². The van der Waals surface area contributed by atoms with Crippen LogP contribution in [0, 0.1) is 0 Å². The van der Waals surface area contributed by atoms with Crippen molar-refractivity contribution in [1.29, 1.82) is 0 Å². The first-order valence-electron chi connectivity index (χ1n) is 13.4. The molecule has 0 nitrogen and oxygen atoms in total. The molecule has 0 saturated carbocycles. The molecule has 0 saturated heterocycles. The SMILES string of the molecule is C1=CC([Si](C2C=Cc3ccccc32)(C2C=Cc3ccccc32)C2C=Cc3ccccc32)c2ccccc21.[NaH]. The Morgan fingerprint density at radius 3 is 0.842 bits per heavy atom. The third-order valence-electron chi connectivity index (χ3n) is 9.35. The van der Waals surface area contributed by atoms with Crippen LogP contribution in [0.15, 0.2) is 121 Å². The van der Waals surface area contributed by atoms with Crippen molar-refractivity contribution >= 4 is 61.9 Å². The summed E-state index contributed by atoms with van der Waals surface area (Å²) in [6.45, 7) is 0. The summed E-state index contributed by atoms with van der Waals surface area (Å²) in [6.07, 6.45) is 19.9. The van der Waals surface area contributed by atoms with Gasteiger partial charge in [0.2, 0.25) is 0 Å². The Hall–Kier alpha value is -2.94. The van der Waals surface area contributed by atoms with E-state index in [1.165, 1.54) is 44.5 Å². The van der Waals surface area contributed by atoms with Crippen molar-refractivity contribution in [1.82, 2.24) is 0 Å². The van der Waals surface area contributed by atoms with E-state index >= 15 is 0 Å². The predicted octanol–water partition coefficient (Wildman–Crippen LogP) is 8.19. The molecule has 0 spiro atoms. The number of allylic oxidation sites excluding steroid dienone is 4. The topological polar surface area (TPSA) is 0 Å². The fourth-order valence-corrected chi connectivity index (χ4v) is 15.1. The van der Waals surface area contributed by atoms with E-state index in [2.05, 4.69) is 146 Å². The van der Waals surface area contributed by atoms with Gasteiger partial charge in [-0.15, -0.1) is 0 Å². The van der Waals surface area contributed by atoms with E-state index in [0.717, 1.165) is 0 Å². The monoisotopic (exact) mass is 512 g/mol. The Morgan fingerprint density at radius 1 is 0.342 bits per heavy atom. The van der Waals surface area contributed by atoms with Crippen LogP contribution >= 0.6 is 0 Å². The molecule has 4 aliphatic rings. The summed E-state index contributed by atoms with van der Waals surface area (Å²) in [6, 6.07) is 36.6. The summed E-state index contributed by atoms with van der Waals surface area (Å²) in [5, 5.41) is 0. The van der Waals surface area contributed by atoms with Crippen LogP contribution in [0.3, 0.4) is 0 Å². The van der Waals surface area contributed by atoms with Crippen LogP contribution in [0.2, 0.25) is 0 Å². The van der Waals surface area contributed by atoms with Gasteiger partial charge in [-0.25, -0.2) is 0 Å². The molecule has 0 fully saturated rings. The van der Waals surface area contributed by atoms with Gasteiger partial charge in [-0.1, -0.05) is 146 Å². The second kappa shape index (κ2) is 9.36. The second-order valence-electron chi connectivity index (χ2n) is 10.9. The van der Waals surface area contributed by atoms with E-state index in [-0.39, 0.29) is 29.6 Å². The fraction of sp³-hybridized carbons (Fsp3) is 0.111. The van der Waals surface area contributed by atoms with Gasteiger partial charge in [-0.05, 0) is 44.5 Å². The molecule has 0 aromatic heterocycles. The molecular weight excluding hydrogens is 483 g/mol. The Bertz CT molecular complexity index is 1420. The first-order chi connectivity index (χ1) is 18.4. The van der Waals surface area contributed by atoms with E-state index in [9.17, 15) is 0 Å². The molecule has 0 heterocycles. The molecule has 2 heteroatoms. The molecule has 4 aliphatic carbocycles. The first-order valence-corrected chi connectivity index (χ1v) is 15.7. The third kappa shape index (κ3) is 3.33. The number of hydrogen-bond acceptors (Lipinski definition) is 0. The summed E-state index contributed by atoms with van der Waals surface area (Å²) in [7, 11) is -2.42. The van der Waals surface area contributed by atoms with Gasteiger partial charge in [0, 0.05) is 22.2 Å². The summed E-state index contributed by atoms with van der Waals surface area (Å²) in [4.78, 5) is 0. The van der Waals surface area contributed by atoms with Gasteiger partial charge in [-0.3, -0.25) is 0 Å². The van der Waals surface area contributed by atoms with Crippen LogP contribution in [0.4, 0.5) is 0 Å². The van der Waals surface area contributed by atoms with Gasteiger partial charge in [0.25, 0.3) is 0 Å². The van der Waals surface area contributed by atoms with Gasteiger partial charge in [-0.2, -0.15) is 0 Å². The average Bonchev–Trinajstić information content (AvgIpc) is 3.75. The Labute approximate surface area is 248 Å². The standard InChI is InChI=1S/C36H28Si.Na.H/c1-5-13-29-25(9-1)17-21-33(29)37(34-22-18-26-10-2-6-14-30(26)34,35-23-19-27-11-3-7-15-31(27)35)36-24-20-28-12-4-8-16-32(28)36;;/h1-24,33-36H;;. The van der Waals surface area contributed by atoms with Gasteiger partial charge in [0.1, 0.15) is 0 Å². The molecule has 0 amide bonds. The van der Waals surface area contributed by atoms with Gasteiger partial charge in [0.05, 0.1) is 8.07 Å². The molecule has 4 unspecified atom stereocenters. The van der Waals surface area contributed by atoms with Gasteiger partial charge >= 0.3 is 29.6 Å². The second-order valence-corrected chi connectivity index (χ2v) is 15.4. The maximum absolute atomic E-state index is 2.58. The fourth-order valence-electron chi connectivity index (χ4n) is 7.90. The van der Waals surface area contributed by atoms with Gasteiger partial charge in [0.15, 0.2) is 0 Å². The number of fused-ring (bicyclic) bond motifs is 4. The molecule has 178 valence electrons. The van der Waals surface area contributed by atoms with Crippen LogP contribution in [0.25, 0.3) is 24.3 Å². The molecule has 4 aromatic rings. The van der Waals surface area contributed by atoms with Crippen molar-refractivity contribution in [3.8, 4) is 0 Å². The van der Waals surface area contributed by atoms with Crippen LogP contribution in [0.1, 0.15) is 66.7 Å². The minimum atomic E-state index is -2.42. The van der Waals surface area contributed by atoms with E-state index in [4.69, 9.17) is 0 Å². The predicted molar refractivity (Wildman–Crippen MR) is 166 cm³/mol. The first kappa shape index (κ1) is 24.1. The van der Waals surface area contributed by atoms with Crippen LogP contribution in [-0.2, 0) is 0 Å². The summed E-state index contributed by atoms with van der Waals surface area (Å²) in [5.74, 6) is 0. The molecule has 38 heavy (non-hydrogen) atoms. The minimum absolute atomic E-state index is 0. The summed E-state index contributed by atoms with van der Waals surface area (Å²) < 4.78 is 0. The van der Waals surface area contributed by atoms with Crippen molar-refractivity contribution < 1.29 is 0 Å². The molecule has 4 atom stereocenters. The van der Waals surface area contributed by atoms with Crippen molar-refractivity contribution in [3.63, 3.8) is 0 Å². The normalized spacial score (nSPS) is 24.4. The molecule has 0 bridgehead atoms. The van der Waals surface area contributed by atoms with Crippen molar-refractivity contribution in [2.24, 2.45) is 0 Å². The zero-order valence-electron chi connectivity index (χ0n) is 20.7. The van der Waals surface area contributed by atoms with Crippen LogP contribution < -0.4 is 0 Å². The summed E-state index contributed by atoms with van der Waals surface area (Å²) in [5.41, 5.74) is 13.3. The molecule has 0 radical (unpaired) electrons. The zero-order chi connectivity index (χ0) is 24.4. The number of rotatable bonds is 4. The average molecular weight is 513 g/mol. The third-order valence-corrected chi connectivity index (χ3v) is 15.7. The Morgan fingerprint density at radius 2 is 0.579 bits per heavy atom. The molecule has 0 aliphatic heterocycles. The van der Waals surface area contributed by atoms with Gasteiger partial charge < -0.3 is 0 Å². The molecular formula is C36H29NaSi. The quantitative estimate of drug-likeness (QED) is 0.242. The van der Waals surface area contributed by atoms with Crippen LogP contribution in [-0.4, -0.2) is 37.6 Å². The maximum atomic E-state index is 2.58. The molecule has 4 aromatic carbocycles. The molecule has 0 N–H and O–H groups in total. The Balaban J connectivity index is 0.00000242. The van der Waals surface area contributed by atoms with Crippen molar-refractivity contribution in [2.75, 3.05) is 0 Å². The van der Waals surface area contributed by atoms with E-state index in [1.807, 2.05) is 0 Å². The Kier molecular flexibility index (Phi) is 5.94. The zero-order valence-corrected chi connectivity index (χ0v) is 21.7. The van der Waals surface area contributed by atoms with E-state index < -0.39 is 8.07 Å². The summed E-state index contributed by atoms with van der Waals surface area (Å²) >= 11 is 0. The van der Waals surface area contributed by atoms with E-state index in [1.54, 1.807) is 0 Å². The molecule has 8 rings (SSSR count). The van der Waals surface area contributed by atoms with Crippen LogP contribution in [0.5, 0.6) is 0 Å².